The molecule has 1 aliphatic rings. The Kier molecular flexibility index (Phi) is 5.25. The topological polar surface area (TPSA) is 59.8 Å². The third-order valence-electron chi connectivity index (χ3n) is 6.19. The Morgan fingerprint density at radius 1 is 0.939 bits per heavy atom. The van der Waals surface area contributed by atoms with Crippen molar-refractivity contribution < 1.29 is 13.9 Å². The molecule has 0 fully saturated rings. The maximum absolute atomic E-state index is 13.7. The SMILES string of the molecule is CCCOc1cccc(C2c3c(oc4ccccc4c3=O)C(=O)N2c2ccc(C)c(C)c2)c1. The fourth-order valence-corrected chi connectivity index (χ4v) is 4.37. The minimum absolute atomic E-state index is 0.0989. The van der Waals surface area contributed by atoms with Crippen molar-refractivity contribution >= 4 is 22.6 Å². The number of ether oxygens (including phenoxy) is 1. The van der Waals surface area contributed by atoms with Crippen LogP contribution in [0.15, 0.2) is 75.9 Å². The zero-order valence-corrected chi connectivity index (χ0v) is 18.9. The smallest absolute Gasteiger partial charge is 0.295 e. The van der Waals surface area contributed by atoms with Crippen molar-refractivity contribution in [3.05, 3.63) is 105 Å². The molecule has 3 aromatic carbocycles. The van der Waals surface area contributed by atoms with Crippen LogP contribution in [0.25, 0.3) is 11.0 Å². The number of nitrogens with zero attached hydrogens (tertiary/aromatic N) is 1. The summed E-state index contributed by atoms with van der Waals surface area (Å²) in [6.45, 7) is 6.69. The van der Waals surface area contributed by atoms with Crippen molar-refractivity contribution in [1.29, 1.82) is 0 Å². The molecule has 166 valence electrons. The van der Waals surface area contributed by atoms with Gasteiger partial charge in [-0.1, -0.05) is 37.3 Å². The standard InChI is InChI=1S/C28H25NO4/c1-4-14-32-21-9-7-8-19(16-21)25-24-26(30)22-10-5-6-11-23(22)33-27(24)28(31)29(25)20-13-12-17(2)18(3)15-20/h5-13,15-16,25H,4,14H2,1-3H3. The average Bonchev–Trinajstić information content (AvgIpc) is 3.12. The summed E-state index contributed by atoms with van der Waals surface area (Å²) in [5.41, 5.74) is 4.32. The highest BCUT2D eigenvalue weighted by Gasteiger charge is 2.43. The van der Waals surface area contributed by atoms with Gasteiger partial charge in [-0.25, -0.2) is 0 Å². The van der Waals surface area contributed by atoms with Crippen LogP contribution in [0.1, 0.15) is 52.2 Å². The van der Waals surface area contributed by atoms with Crippen LogP contribution in [0.3, 0.4) is 0 Å². The Morgan fingerprint density at radius 3 is 2.55 bits per heavy atom. The van der Waals surface area contributed by atoms with Crippen LogP contribution in [0, 0.1) is 13.8 Å². The summed E-state index contributed by atoms with van der Waals surface area (Å²) in [5.74, 6) is 0.489. The number of fused-ring (bicyclic) bond motifs is 2. The van der Waals surface area contributed by atoms with Gasteiger partial charge in [-0.2, -0.15) is 0 Å². The number of rotatable bonds is 5. The highest BCUT2D eigenvalue weighted by molar-refractivity contribution is 6.10. The lowest BCUT2D eigenvalue weighted by Gasteiger charge is -2.26. The molecule has 0 saturated heterocycles. The first-order chi connectivity index (χ1) is 16.0. The van der Waals surface area contributed by atoms with Gasteiger partial charge < -0.3 is 9.15 Å². The Morgan fingerprint density at radius 2 is 1.76 bits per heavy atom. The van der Waals surface area contributed by atoms with Crippen molar-refractivity contribution in [3.8, 4) is 5.75 Å². The fourth-order valence-electron chi connectivity index (χ4n) is 4.37. The molecule has 5 nitrogen and oxygen atoms in total. The Balaban J connectivity index is 1.76. The first-order valence-electron chi connectivity index (χ1n) is 11.2. The van der Waals surface area contributed by atoms with Crippen LogP contribution in [0.4, 0.5) is 5.69 Å². The quantitative estimate of drug-likeness (QED) is 0.386. The highest BCUT2D eigenvalue weighted by Crippen LogP contribution is 2.42. The van der Waals surface area contributed by atoms with Gasteiger partial charge in [-0.3, -0.25) is 14.5 Å². The van der Waals surface area contributed by atoms with Crippen molar-refractivity contribution in [2.75, 3.05) is 11.5 Å². The zero-order chi connectivity index (χ0) is 23.1. The van der Waals surface area contributed by atoms with Gasteiger partial charge in [0.1, 0.15) is 11.3 Å². The fraction of sp³-hybridized carbons (Fsp3) is 0.214. The minimum atomic E-state index is -0.611. The molecule has 5 heteroatoms. The van der Waals surface area contributed by atoms with E-state index in [1.54, 1.807) is 29.2 Å². The van der Waals surface area contributed by atoms with E-state index in [0.717, 1.165) is 28.8 Å². The predicted molar refractivity (Wildman–Crippen MR) is 129 cm³/mol. The molecule has 5 rings (SSSR count). The van der Waals surface area contributed by atoms with Gasteiger partial charge in [0.05, 0.1) is 23.6 Å². The molecule has 1 aliphatic heterocycles. The number of aryl methyl sites for hydroxylation is 2. The monoisotopic (exact) mass is 439 g/mol. The van der Waals surface area contributed by atoms with E-state index in [9.17, 15) is 9.59 Å². The van der Waals surface area contributed by atoms with Gasteiger partial charge in [0.25, 0.3) is 5.91 Å². The van der Waals surface area contributed by atoms with E-state index in [4.69, 9.17) is 9.15 Å². The van der Waals surface area contributed by atoms with Crippen LogP contribution >= 0.6 is 0 Å². The number of benzene rings is 3. The second-order valence-electron chi connectivity index (χ2n) is 8.44. The molecule has 0 bridgehead atoms. The number of hydrogen-bond acceptors (Lipinski definition) is 4. The highest BCUT2D eigenvalue weighted by atomic mass is 16.5. The molecule has 1 aromatic heterocycles. The average molecular weight is 440 g/mol. The Labute approximate surface area is 192 Å². The van der Waals surface area contributed by atoms with Crippen molar-refractivity contribution in [2.45, 2.75) is 33.2 Å². The molecule has 1 amide bonds. The third kappa shape index (κ3) is 3.50. The number of carbonyl (C=O) groups excluding carboxylic acids is 1. The minimum Gasteiger partial charge on any atom is -0.494 e. The number of para-hydroxylation sites is 1. The van der Waals surface area contributed by atoms with Gasteiger partial charge in [-0.15, -0.1) is 0 Å². The normalized spacial score (nSPS) is 15.2. The van der Waals surface area contributed by atoms with Crippen LogP contribution in [-0.2, 0) is 0 Å². The van der Waals surface area contributed by atoms with Crippen molar-refractivity contribution in [2.24, 2.45) is 0 Å². The van der Waals surface area contributed by atoms with Crippen molar-refractivity contribution in [3.63, 3.8) is 0 Å². The van der Waals surface area contributed by atoms with E-state index in [1.807, 2.05) is 63.2 Å². The maximum Gasteiger partial charge on any atom is 0.295 e. The first-order valence-corrected chi connectivity index (χ1v) is 11.2. The van der Waals surface area contributed by atoms with E-state index in [2.05, 4.69) is 0 Å². The van der Waals surface area contributed by atoms with Crippen LogP contribution in [0.5, 0.6) is 5.75 Å². The summed E-state index contributed by atoms with van der Waals surface area (Å²) in [4.78, 5) is 29.0. The van der Waals surface area contributed by atoms with Gasteiger partial charge in [0.15, 0.2) is 5.43 Å². The summed E-state index contributed by atoms with van der Waals surface area (Å²) >= 11 is 0. The van der Waals surface area contributed by atoms with Gasteiger partial charge >= 0.3 is 0 Å². The van der Waals surface area contributed by atoms with E-state index in [0.29, 0.717) is 28.9 Å². The molecule has 1 unspecified atom stereocenters. The number of anilines is 1. The van der Waals surface area contributed by atoms with E-state index in [-0.39, 0.29) is 17.1 Å². The van der Waals surface area contributed by atoms with E-state index < -0.39 is 6.04 Å². The molecule has 33 heavy (non-hydrogen) atoms. The molecular formula is C28H25NO4. The lowest BCUT2D eigenvalue weighted by Crippen LogP contribution is -2.29. The molecule has 0 saturated carbocycles. The lowest BCUT2D eigenvalue weighted by molar-refractivity contribution is 0.0971. The van der Waals surface area contributed by atoms with E-state index >= 15 is 0 Å². The first kappa shape index (κ1) is 21.0. The number of amides is 1. The van der Waals surface area contributed by atoms with Gasteiger partial charge in [0, 0.05) is 5.69 Å². The maximum atomic E-state index is 13.7. The van der Waals surface area contributed by atoms with Crippen LogP contribution < -0.4 is 15.1 Å². The van der Waals surface area contributed by atoms with Crippen LogP contribution in [0.2, 0.25) is 0 Å². The second kappa shape index (κ2) is 8.24. The molecule has 0 aliphatic carbocycles. The number of carbonyl (C=O) groups is 1. The summed E-state index contributed by atoms with van der Waals surface area (Å²) in [7, 11) is 0. The Hall–Kier alpha value is -3.86. The molecule has 2 heterocycles. The lowest BCUT2D eigenvalue weighted by atomic mass is 9.97. The Bertz CT molecular complexity index is 1440. The summed E-state index contributed by atoms with van der Waals surface area (Å²) in [6, 6.07) is 19.9. The molecular weight excluding hydrogens is 414 g/mol. The molecule has 0 spiro atoms. The summed E-state index contributed by atoms with van der Waals surface area (Å²) in [6.07, 6.45) is 0.888. The van der Waals surface area contributed by atoms with Gasteiger partial charge in [0.2, 0.25) is 5.76 Å². The zero-order valence-electron chi connectivity index (χ0n) is 18.9. The number of hydrogen-bond donors (Lipinski definition) is 0. The second-order valence-corrected chi connectivity index (χ2v) is 8.44. The summed E-state index contributed by atoms with van der Waals surface area (Å²) < 4.78 is 11.9. The largest absolute Gasteiger partial charge is 0.494 e. The van der Waals surface area contributed by atoms with Crippen LogP contribution in [-0.4, -0.2) is 12.5 Å². The van der Waals surface area contributed by atoms with E-state index in [1.165, 1.54) is 0 Å². The molecule has 1 atom stereocenters. The summed E-state index contributed by atoms with van der Waals surface area (Å²) in [5, 5.41) is 0.467. The van der Waals surface area contributed by atoms with Crippen molar-refractivity contribution in [1.82, 2.24) is 0 Å². The molecule has 0 N–H and O–H groups in total. The predicted octanol–water partition coefficient (Wildman–Crippen LogP) is 5.95. The molecule has 0 radical (unpaired) electrons. The van der Waals surface area contributed by atoms with Gasteiger partial charge in [-0.05, 0) is 73.4 Å². The molecule has 4 aromatic rings. The third-order valence-corrected chi connectivity index (χ3v) is 6.19.